The Bertz CT molecular complexity index is 607. The van der Waals surface area contributed by atoms with Gasteiger partial charge in [0, 0.05) is 22.8 Å². The van der Waals surface area contributed by atoms with E-state index in [-0.39, 0.29) is 0 Å². The number of nitrogens with one attached hydrogen (secondary N) is 1. The molecule has 96 valence electrons. The van der Waals surface area contributed by atoms with Crippen LogP contribution in [-0.2, 0) is 18.6 Å². The summed E-state index contributed by atoms with van der Waals surface area (Å²) < 4.78 is 2.50. The van der Waals surface area contributed by atoms with Crippen molar-refractivity contribution in [2.75, 3.05) is 0 Å². The van der Waals surface area contributed by atoms with E-state index in [1.807, 2.05) is 23.7 Å². The van der Waals surface area contributed by atoms with Crippen LogP contribution in [0.1, 0.15) is 11.4 Å². The average molecular weight is 320 g/mol. The number of aromatic nitrogens is 3. The molecule has 0 aliphatic heterocycles. The number of halogens is 2. The molecule has 0 fully saturated rings. The van der Waals surface area contributed by atoms with E-state index in [9.17, 15) is 0 Å². The van der Waals surface area contributed by atoms with Crippen LogP contribution in [0.15, 0.2) is 18.2 Å². The Labute approximate surface area is 124 Å². The summed E-state index contributed by atoms with van der Waals surface area (Å²) in [5, 5.41) is 8.27. The van der Waals surface area contributed by atoms with Gasteiger partial charge in [-0.3, -0.25) is 5.10 Å². The minimum atomic E-state index is 0.634. The molecule has 0 spiro atoms. The summed E-state index contributed by atoms with van der Waals surface area (Å²) in [6.07, 6.45) is 0. The quantitative estimate of drug-likeness (QED) is 0.857. The van der Waals surface area contributed by atoms with Crippen LogP contribution in [0.2, 0.25) is 10.0 Å². The number of thioether (sulfide) groups is 1. The van der Waals surface area contributed by atoms with Crippen LogP contribution >= 0.6 is 47.2 Å². The molecule has 2 rings (SSSR count). The lowest BCUT2D eigenvalue weighted by molar-refractivity contribution is 0.838. The molecule has 0 unspecified atom stereocenters. The van der Waals surface area contributed by atoms with Gasteiger partial charge in [0.1, 0.15) is 5.82 Å². The highest BCUT2D eigenvalue weighted by molar-refractivity contribution is 7.97. The van der Waals surface area contributed by atoms with Crippen molar-refractivity contribution in [3.05, 3.63) is 44.4 Å². The van der Waals surface area contributed by atoms with Crippen molar-refractivity contribution in [3.8, 4) is 0 Å². The van der Waals surface area contributed by atoms with E-state index in [1.54, 1.807) is 17.8 Å². The highest BCUT2D eigenvalue weighted by atomic mass is 35.5. The molecule has 0 aliphatic carbocycles. The van der Waals surface area contributed by atoms with E-state index < -0.39 is 0 Å². The fourth-order valence-electron chi connectivity index (χ4n) is 1.40. The molecule has 0 atom stereocenters. The number of aromatic amines is 1. The summed E-state index contributed by atoms with van der Waals surface area (Å²) in [7, 11) is 1.90. The molecule has 1 aromatic carbocycles. The Morgan fingerprint density at radius 2 is 2.17 bits per heavy atom. The molecule has 0 saturated carbocycles. The summed E-state index contributed by atoms with van der Waals surface area (Å²) in [6, 6.07) is 5.55. The second-order valence-electron chi connectivity index (χ2n) is 3.73. The van der Waals surface area contributed by atoms with Crippen LogP contribution in [-0.4, -0.2) is 14.8 Å². The molecule has 0 aliphatic rings. The lowest BCUT2D eigenvalue weighted by atomic mass is 10.2. The lowest BCUT2D eigenvalue weighted by Gasteiger charge is -2.04. The number of benzene rings is 1. The first kappa shape index (κ1) is 13.9. The van der Waals surface area contributed by atoms with E-state index in [1.165, 1.54) is 0 Å². The zero-order valence-electron chi connectivity index (χ0n) is 9.61. The number of hydrogen-bond acceptors (Lipinski definition) is 3. The zero-order chi connectivity index (χ0) is 13.1. The van der Waals surface area contributed by atoms with Gasteiger partial charge in [-0.1, -0.05) is 29.3 Å². The topological polar surface area (TPSA) is 33.6 Å². The molecule has 3 nitrogen and oxygen atoms in total. The van der Waals surface area contributed by atoms with E-state index >= 15 is 0 Å². The van der Waals surface area contributed by atoms with Crippen LogP contribution in [0.4, 0.5) is 0 Å². The highest BCUT2D eigenvalue weighted by Gasteiger charge is 2.05. The van der Waals surface area contributed by atoms with Gasteiger partial charge in [0.25, 0.3) is 0 Å². The van der Waals surface area contributed by atoms with E-state index in [0.717, 1.165) is 22.9 Å². The smallest absolute Gasteiger partial charge is 0.194 e. The maximum absolute atomic E-state index is 6.11. The molecule has 0 amide bonds. The minimum absolute atomic E-state index is 0.634. The van der Waals surface area contributed by atoms with Gasteiger partial charge >= 0.3 is 0 Å². The van der Waals surface area contributed by atoms with Crippen LogP contribution in [0.3, 0.4) is 0 Å². The average Bonchev–Trinajstić information content (AvgIpc) is 2.64. The number of nitrogens with zero attached hydrogens (tertiary/aromatic N) is 2. The second-order valence-corrected chi connectivity index (χ2v) is 5.95. The third-order valence-corrected chi connectivity index (χ3v) is 4.41. The van der Waals surface area contributed by atoms with Crippen molar-refractivity contribution < 1.29 is 0 Å². The lowest BCUT2D eigenvalue weighted by Crippen LogP contribution is -1.96. The monoisotopic (exact) mass is 319 g/mol. The van der Waals surface area contributed by atoms with Gasteiger partial charge < -0.3 is 4.57 Å². The largest absolute Gasteiger partial charge is 0.307 e. The minimum Gasteiger partial charge on any atom is -0.307 e. The molecule has 2 aromatic rings. The van der Waals surface area contributed by atoms with Crippen molar-refractivity contribution >= 4 is 47.2 Å². The molecule has 18 heavy (non-hydrogen) atoms. The van der Waals surface area contributed by atoms with Crippen molar-refractivity contribution in [1.82, 2.24) is 14.8 Å². The molecule has 0 radical (unpaired) electrons. The maximum Gasteiger partial charge on any atom is 0.194 e. The first-order valence-corrected chi connectivity index (χ1v) is 7.52. The Morgan fingerprint density at radius 1 is 1.39 bits per heavy atom. The molecule has 1 N–H and O–H groups in total. The highest BCUT2D eigenvalue weighted by Crippen LogP contribution is 2.25. The summed E-state index contributed by atoms with van der Waals surface area (Å²) in [5.41, 5.74) is 1.07. The Balaban J connectivity index is 1.96. The molecule has 0 saturated heterocycles. The standard InChI is InChI=1S/C11H11Cl2N3S2/c1-16-10(14-15-11(16)17)6-18-5-7-2-3-8(12)4-9(7)13/h2-4H,5-6H2,1H3,(H,15,17). The fourth-order valence-corrected chi connectivity index (χ4v) is 3.12. The molecular formula is C11H11Cl2N3S2. The molecule has 1 heterocycles. The Kier molecular flexibility index (Phi) is 4.72. The fraction of sp³-hybridized carbons (Fsp3) is 0.273. The molecule has 0 bridgehead atoms. The summed E-state index contributed by atoms with van der Waals surface area (Å²) in [5.74, 6) is 2.52. The third-order valence-electron chi connectivity index (χ3n) is 2.48. The van der Waals surface area contributed by atoms with Gasteiger partial charge in [0.2, 0.25) is 0 Å². The molecule has 1 aromatic heterocycles. The summed E-state index contributed by atoms with van der Waals surface area (Å²) in [4.78, 5) is 0. The number of H-pyrrole nitrogens is 1. The van der Waals surface area contributed by atoms with Crippen molar-refractivity contribution in [2.45, 2.75) is 11.5 Å². The first-order chi connectivity index (χ1) is 8.58. The van der Waals surface area contributed by atoms with E-state index in [0.29, 0.717) is 14.8 Å². The van der Waals surface area contributed by atoms with Crippen LogP contribution in [0, 0.1) is 4.77 Å². The van der Waals surface area contributed by atoms with Gasteiger partial charge in [-0.25, -0.2) is 0 Å². The van der Waals surface area contributed by atoms with E-state index in [4.69, 9.17) is 35.4 Å². The van der Waals surface area contributed by atoms with Crippen molar-refractivity contribution in [1.29, 1.82) is 0 Å². The maximum atomic E-state index is 6.11. The van der Waals surface area contributed by atoms with Crippen molar-refractivity contribution in [2.24, 2.45) is 7.05 Å². The molecule has 7 heteroatoms. The zero-order valence-corrected chi connectivity index (χ0v) is 12.8. The second kappa shape index (κ2) is 6.10. The summed E-state index contributed by atoms with van der Waals surface area (Å²) in [6.45, 7) is 0. The predicted molar refractivity (Wildman–Crippen MR) is 79.9 cm³/mol. The number of hydrogen-bond donors (Lipinski definition) is 1. The van der Waals surface area contributed by atoms with Crippen LogP contribution < -0.4 is 0 Å². The van der Waals surface area contributed by atoms with E-state index in [2.05, 4.69) is 10.2 Å². The predicted octanol–water partition coefficient (Wildman–Crippen LogP) is 4.22. The Hall–Kier alpha value is -0.490. The molecular weight excluding hydrogens is 309 g/mol. The van der Waals surface area contributed by atoms with Crippen LogP contribution in [0.5, 0.6) is 0 Å². The normalized spacial score (nSPS) is 10.8. The Morgan fingerprint density at radius 3 is 2.78 bits per heavy atom. The third kappa shape index (κ3) is 3.29. The van der Waals surface area contributed by atoms with Gasteiger partial charge in [0.15, 0.2) is 4.77 Å². The first-order valence-electron chi connectivity index (χ1n) is 5.20. The van der Waals surface area contributed by atoms with Gasteiger partial charge in [-0.15, -0.1) is 11.8 Å². The van der Waals surface area contributed by atoms with Crippen molar-refractivity contribution in [3.63, 3.8) is 0 Å². The van der Waals surface area contributed by atoms with Gasteiger partial charge in [-0.05, 0) is 29.9 Å². The SMILES string of the molecule is Cn1c(CSCc2ccc(Cl)cc2Cl)n[nH]c1=S. The number of rotatable bonds is 4. The van der Waals surface area contributed by atoms with Crippen LogP contribution in [0.25, 0.3) is 0 Å². The van der Waals surface area contributed by atoms with Gasteiger partial charge in [-0.2, -0.15) is 5.10 Å². The van der Waals surface area contributed by atoms with Gasteiger partial charge in [0.05, 0.1) is 5.75 Å². The summed E-state index contributed by atoms with van der Waals surface area (Å²) >= 11 is 18.7.